The zero-order chi connectivity index (χ0) is 20.3. The Morgan fingerprint density at radius 2 is 1.82 bits per heavy atom. The number of rotatable bonds is 6. The number of anilines is 2. The molecule has 0 fully saturated rings. The van der Waals surface area contributed by atoms with E-state index in [9.17, 15) is 13.2 Å². The Morgan fingerprint density at radius 1 is 1.14 bits per heavy atom. The van der Waals surface area contributed by atoms with Gasteiger partial charge in [0.1, 0.15) is 11.6 Å². The molecule has 3 aromatic rings. The van der Waals surface area contributed by atoms with Crippen LogP contribution in [0.1, 0.15) is 5.56 Å². The van der Waals surface area contributed by atoms with Crippen LogP contribution in [0.25, 0.3) is 10.6 Å². The minimum atomic E-state index is -3.66. The number of nitrogens with one attached hydrogen (secondary N) is 1. The number of sulfonamides is 1. The summed E-state index contributed by atoms with van der Waals surface area (Å²) in [5.41, 5.74) is 2.42. The predicted octanol–water partition coefficient (Wildman–Crippen LogP) is 3.68. The first-order valence-corrected chi connectivity index (χ1v) is 11.6. The quantitative estimate of drug-likeness (QED) is 0.580. The van der Waals surface area contributed by atoms with Crippen LogP contribution in [0.5, 0.6) is 0 Å². The van der Waals surface area contributed by atoms with Gasteiger partial charge >= 0.3 is 0 Å². The normalized spacial score (nSPS) is 11.2. The summed E-state index contributed by atoms with van der Waals surface area (Å²) in [6.07, 6.45) is 1.06. The lowest BCUT2D eigenvalue weighted by Gasteiger charge is -2.22. The molecule has 1 heterocycles. The van der Waals surface area contributed by atoms with Gasteiger partial charge in [-0.1, -0.05) is 53.3 Å². The SMILES string of the molecule is Cc1ccc(-c2nnc(NC(=O)CN(c3ccccc3Br)S(C)(=O)=O)s2)cc1. The number of nitrogens with zero attached hydrogens (tertiary/aromatic N) is 3. The number of aromatic nitrogens is 2. The van der Waals surface area contributed by atoms with E-state index in [1.165, 1.54) is 11.3 Å². The third-order valence-electron chi connectivity index (χ3n) is 3.78. The molecule has 7 nitrogen and oxygen atoms in total. The molecule has 1 aromatic heterocycles. The summed E-state index contributed by atoms with van der Waals surface area (Å²) in [6.45, 7) is 1.62. The molecule has 0 spiro atoms. The molecule has 0 saturated heterocycles. The second-order valence-corrected chi connectivity index (χ2v) is 9.79. The van der Waals surface area contributed by atoms with Crippen LogP contribution >= 0.6 is 27.3 Å². The van der Waals surface area contributed by atoms with Crippen LogP contribution in [0.15, 0.2) is 53.0 Å². The Bertz CT molecular complexity index is 1100. The molecular weight excluding hydrogens is 464 g/mol. The molecule has 3 rings (SSSR count). The molecule has 0 atom stereocenters. The van der Waals surface area contributed by atoms with Crippen molar-refractivity contribution < 1.29 is 13.2 Å². The number of benzene rings is 2. The first kappa shape index (κ1) is 20.4. The summed E-state index contributed by atoms with van der Waals surface area (Å²) in [5, 5.41) is 11.7. The molecule has 10 heteroatoms. The lowest BCUT2D eigenvalue weighted by Crippen LogP contribution is -2.37. The van der Waals surface area contributed by atoms with Gasteiger partial charge in [-0.2, -0.15) is 0 Å². The van der Waals surface area contributed by atoms with E-state index < -0.39 is 15.9 Å². The molecule has 0 unspecified atom stereocenters. The minimum Gasteiger partial charge on any atom is -0.299 e. The van der Waals surface area contributed by atoms with E-state index in [0.717, 1.165) is 21.7 Å². The second kappa shape index (κ2) is 8.38. The van der Waals surface area contributed by atoms with Crippen LogP contribution in [-0.4, -0.2) is 37.3 Å². The molecule has 146 valence electrons. The van der Waals surface area contributed by atoms with E-state index in [2.05, 4.69) is 31.4 Å². The number of para-hydroxylation sites is 1. The molecular formula is C18H17BrN4O3S2. The van der Waals surface area contributed by atoms with Gasteiger partial charge in [-0.15, -0.1) is 10.2 Å². The summed E-state index contributed by atoms with van der Waals surface area (Å²) in [5.74, 6) is -0.507. The van der Waals surface area contributed by atoms with Crippen LogP contribution in [0.4, 0.5) is 10.8 Å². The van der Waals surface area contributed by atoms with Crippen molar-refractivity contribution in [3.63, 3.8) is 0 Å². The minimum absolute atomic E-state index is 0.307. The molecule has 0 aliphatic carbocycles. The number of halogens is 1. The van der Waals surface area contributed by atoms with Gasteiger partial charge in [-0.05, 0) is 35.0 Å². The average molecular weight is 481 g/mol. The van der Waals surface area contributed by atoms with Gasteiger partial charge in [-0.3, -0.25) is 14.4 Å². The largest absolute Gasteiger partial charge is 0.299 e. The van der Waals surface area contributed by atoms with Gasteiger partial charge in [0.25, 0.3) is 0 Å². The Kier molecular flexibility index (Phi) is 6.11. The third kappa shape index (κ3) is 4.94. The van der Waals surface area contributed by atoms with Crippen LogP contribution in [0.3, 0.4) is 0 Å². The van der Waals surface area contributed by atoms with Crippen molar-refractivity contribution in [2.24, 2.45) is 0 Å². The van der Waals surface area contributed by atoms with Crippen LogP contribution in [-0.2, 0) is 14.8 Å². The van der Waals surface area contributed by atoms with Gasteiger partial charge in [0, 0.05) is 10.0 Å². The fourth-order valence-electron chi connectivity index (χ4n) is 2.41. The van der Waals surface area contributed by atoms with Gasteiger partial charge < -0.3 is 0 Å². The molecule has 0 aliphatic rings. The first-order valence-electron chi connectivity index (χ1n) is 8.16. The number of hydrogen-bond acceptors (Lipinski definition) is 6. The van der Waals surface area contributed by atoms with Crippen molar-refractivity contribution in [1.82, 2.24) is 10.2 Å². The highest BCUT2D eigenvalue weighted by molar-refractivity contribution is 9.10. The van der Waals surface area contributed by atoms with Crippen LogP contribution in [0.2, 0.25) is 0 Å². The molecule has 0 aliphatic heterocycles. The molecule has 1 N–H and O–H groups in total. The molecule has 0 radical (unpaired) electrons. The summed E-state index contributed by atoms with van der Waals surface area (Å²) < 4.78 is 26.0. The Hall–Kier alpha value is -2.30. The molecule has 28 heavy (non-hydrogen) atoms. The molecule has 0 saturated carbocycles. The fraction of sp³-hybridized carbons (Fsp3) is 0.167. The van der Waals surface area contributed by atoms with E-state index in [4.69, 9.17) is 0 Å². The lowest BCUT2D eigenvalue weighted by molar-refractivity contribution is -0.114. The second-order valence-electron chi connectivity index (χ2n) is 6.05. The maximum atomic E-state index is 12.5. The lowest BCUT2D eigenvalue weighted by atomic mass is 10.2. The van der Waals surface area contributed by atoms with Crippen molar-refractivity contribution in [1.29, 1.82) is 0 Å². The molecule has 0 bridgehead atoms. The van der Waals surface area contributed by atoms with Gasteiger partial charge in [0.15, 0.2) is 0 Å². The number of aryl methyl sites for hydroxylation is 1. The van der Waals surface area contributed by atoms with Gasteiger partial charge in [-0.25, -0.2) is 8.42 Å². The van der Waals surface area contributed by atoms with Crippen molar-refractivity contribution >= 4 is 54.0 Å². The van der Waals surface area contributed by atoms with Crippen molar-refractivity contribution in [3.05, 3.63) is 58.6 Å². The maximum absolute atomic E-state index is 12.5. The Morgan fingerprint density at radius 3 is 2.46 bits per heavy atom. The summed E-state index contributed by atoms with van der Waals surface area (Å²) in [7, 11) is -3.66. The monoisotopic (exact) mass is 480 g/mol. The summed E-state index contributed by atoms with van der Waals surface area (Å²) in [4.78, 5) is 12.5. The van der Waals surface area contributed by atoms with Gasteiger partial charge in [0.2, 0.25) is 21.1 Å². The highest BCUT2D eigenvalue weighted by Crippen LogP contribution is 2.29. The number of hydrogen-bond donors (Lipinski definition) is 1. The first-order chi connectivity index (χ1) is 13.2. The smallest absolute Gasteiger partial charge is 0.246 e. The maximum Gasteiger partial charge on any atom is 0.246 e. The number of carbonyl (C=O) groups is 1. The topological polar surface area (TPSA) is 92.3 Å². The summed E-state index contributed by atoms with van der Waals surface area (Å²) in [6, 6.07) is 14.6. The number of carbonyl (C=O) groups excluding carboxylic acids is 1. The Balaban J connectivity index is 1.75. The van der Waals surface area contributed by atoms with E-state index in [-0.39, 0.29) is 6.54 Å². The van der Waals surface area contributed by atoms with Crippen LogP contribution in [0, 0.1) is 6.92 Å². The number of amides is 1. The molecule has 2 aromatic carbocycles. The third-order valence-corrected chi connectivity index (χ3v) is 6.46. The van der Waals surface area contributed by atoms with E-state index in [1.807, 2.05) is 31.2 Å². The van der Waals surface area contributed by atoms with Gasteiger partial charge in [0.05, 0.1) is 11.9 Å². The van der Waals surface area contributed by atoms with E-state index in [1.54, 1.807) is 24.3 Å². The van der Waals surface area contributed by atoms with Crippen LogP contribution < -0.4 is 9.62 Å². The van der Waals surface area contributed by atoms with Crippen molar-refractivity contribution in [3.8, 4) is 10.6 Å². The van der Waals surface area contributed by atoms with Crippen molar-refractivity contribution in [2.45, 2.75) is 6.92 Å². The zero-order valence-electron chi connectivity index (χ0n) is 15.1. The van der Waals surface area contributed by atoms with E-state index >= 15 is 0 Å². The van der Waals surface area contributed by atoms with E-state index in [0.29, 0.717) is 20.3 Å². The van der Waals surface area contributed by atoms with Crippen molar-refractivity contribution in [2.75, 3.05) is 22.4 Å². The average Bonchev–Trinajstić information content (AvgIpc) is 3.08. The summed E-state index contributed by atoms with van der Waals surface area (Å²) >= 11 is 4.54. The predicted molar refractivity (Wildman–Crippen MR) is 115 cm³/mol. The standard InChI is InChI=1S/C18H17BrN4O3S2/c1-12-7-9-13(10-8-12)17-21-22-18(27-17)20-16(24)11-23(28(2,25)26)15-6-4-3-5-14(15)19/h3-10H,11H2,1-2H3,(H,20,22,24). The Labute approximate surface area is 175 Å². The fourth-order valence-corrected chi connectivity index (χ4v) is 4.66. The molecule has 1 amide bonds. The highest BCUT2D eigenvalue weighted by atomic mass is 79.9. The zero-order valence-corrected chi connectivity index (χ0v) is 18.3. The highest BCUT2D eigenvalue weighted by Gasteiger charge is 2.23.